The van der Waals surface area contributed by atoms with Crippen molar-refractivity contribution in [3.63, 3.8) is 0 Å². The minimum absolute atomic E-state index is 0.318. The highest BCUT2D eigenvalue weighted by Gasteiger charge is 2.29. The fourth-order valence-electron chi connectivity index (χ4n) is 1.34. The van der Waals surface area contributed by atoms with Crippen molar-refractivity contribution in [2.75, 3.05) is 7.11 Å². The fourth-order valence-corrected chi connectivity index (χ4v) is 2.08. The van der Waals surface area contributed by atoms with Crippen molar-refractivity contribution in [1.29, 1.82) is 0 Å². The minimum atomic E-state index is -4.32. The Kier molecular flexibility index (Phi) is 4.68. The quantitative estimate of drug-likeness (QED) is 0.600. The maximum Gasteiger partial charge on any atom is 0.416 e. The predicted molar refractivity (Wildman–Crippen MR) is 70.9 cm³/mol. The maximum absolute atomic E-state index is 12.4. The summed E-state index contributed by atoms with van der Waals surface area (Å²) in [6.45, 7) is 5.98. The number of methoxy groups -OCH3 is 1. The molecule has 0 radical (unpaired) electrons. The Balaban J connectivity index is 2.91. The number of hydrogen-bond acceptors (Lipinski definition) is 2. The summed E-state index contributed by atoms with van der Waals surface area (Å²) in [5.74, 6) is 0.318. The van der Waals surface area contributed by atoms with Gasteiger partial charge in [-0.1, -0.05) is 12.1 Å². The summed E-state index contributed by atoms with van der Waals surface area (Å²) in [7, 11) is -0.341. The summed E-state index contributed by atoms with van der Waals surface area (Å²) < 4.78 is 48.0. The second-order valence-electron chi connectivity index (χ2n) is 5.00. The molecule has 0 fully saturated rings. The largest absolute Gasteiger partial charge is 0.520 e. The Morgan fingerprint density at radius 1 is 1.11 bits per heavy atom. The van der Waals surface area contributed by atoms with Crippen molar-refractivity contribution < 1.29 is 22.3 Å². The Morgan fingerprint density at radius 2 is 1.63 bits per heavy atom. The highest BCUT2D eigenvalue weighted by atomic mass is 28.4. The molecule has 0 saturated heterocycles. The van der Waals surface area contributed by atoms with E-state index in [0.29, 0.717) is 11.5 Å². The molecule has 0 aliphatic heterocycles. The molecule has 1 aromatic rings. The molecule has 0 spiro atoms. The number of alkyl halides is 3. The Hall–Kier alpha value is -1.43. The summed E-state index contributed by atoms with van der Waals surface area (Å²) in [5.41, 5.74) is -0.0715. The molecular weight excluding hydrogens is 273 g/mol. The summed E-state index contributed by atoms with van der Waals surface area (Å²) in [4.78, 5) is 0. The van der Waals surface area contributed by atoms with E-state index in [2.05, 4.69) is 0 Å². The van der Waals surface area contributed by atoms with Crippen LogP contribution in [0.1, 0.15) is 11.1 Å². The molecule has 0 aliphatic carbocycles. The van der Waals surface area contributed by atoms with Crippen molar-refractivity contribution in [2.45, 2.75) is 25.8 Å². The summed E-state index contributed by atoms with van der Waals surface area (Å²) in [6, 6.07) is 4.84. The number of ether oxygens (including phenoxy) is 1. The monoisotopic (exact) mass is 290 g/mol. The minimum Gasteiger partial charge on any atom is -0.520 e. The van der Waals surface area contributed by atoms with Crippen molar-refractivity contribution in [3.8, 4) is 0 Å². The van der Waals surface area contributed by atoms with Crippen LogP contribution in [-0.2, 0) is 15.3 Å². The topological polar surface area (TPSA) is 18.5 Å². The molecule has 106 valence electrons. The molecule has 0 bridgehead atoms. The second-order valence-corrected chi connectivity index (χ2v) is 9.43. The van der Waals surface area contributed by atoms with Gasteiger partial charge < -0.3 is 9.16 Å². The van der Waals surface area contributed by atoms with Gasteiger partial charge in [-0.2, -0.15) is 13.2 Å². The standard InChI is InChI=1S/C13H17F3O2Si/c1-17-12(18-19(2,3)4)9-10-5-7-11(8-6-10)13(14,15)16/h5-9H,1-4H3/b12-9+. The number of halogens is 3. The lowest BCUT2D eigenvalue weighted by molar-refractivity contribution is -0.137. The maximum atomic E-state index is 12.4. The molecule has 0 aliphatic rings. The first-order chi connectivity index (χ1) is 8.62. The molecule has 1 rings (SSSR count). The predicted octanol–water partition coefficient (Wildman–Crippen LogP) is 4.50. The van der Waals surface area contributed by atoms with Gasteiger partial charge in [0.05, 0.1) is 12.7 Å². The van der Waals surface area contributed by atoms with Gasteiger partial charge in [-0.3, -0.25) is 0 Å². The van der Waals surface area contributed by atoms with Crippen molar-refractivity contribution >= 4 is 14.4 Å². The molecule has 0 heterocycles. The smallest absolute Gasteiger partial charge is 0.416 e. The first-order valence-corrected chi connectivity index (χ1v) is 9.14. The van der Waals surface area contributed by atoms with Gasteiger partial charge in [0.25, 0.3) is 5.95 Å². The molecule has 0 amide bonds. The van der Waals surface area contributed by atoms with Gasteiger partial charge >= 0.3 is 6.18 Å². The van der Waals surface area contributed by atoms with Crippen LogP contribution in [0.5, 0.6) is 0 Å². The van der Waals surface area contributed by atoms with E-state index in [1.807, 2.05) is 19.6 Å². The molecule has 2 nitrogen and oxygen atoms in total. The van der Waals surface area contributed by atoms with Gasteiger partial charge in [0.15, 0.2) is 0 Å². The number of rotatable bonds is 4. The van der Waals surface area contributed by atoms with E-state index < -0.39 is 20.1 Å². The third kappa shape index (κ3) is 5.38. The van der Waals surface area contributed by atoms with E-state index in [0.717, 1.165) is 12.1 Å². The van der Waals surface area contributed by atoms with E-state index in [9.17, 15) is 13.2 Å². The van der Waals surface area contributed by atoms with Crippen molar-refractivity contribution in [3.05, 3.63) is 41.3 Å². The number of hydrogen-bond donors (Lipinski definition) is 0. The van der Waals surface area contributed by atoms with Crippen LogP contribution in [0.25, 0.3) is 6.08 Å². The summed E-state index contributed by atoms with van der Waals surface area (Å²) in [6.07, 6.45) is -2.74. The van der Waals surface area contributed by atoms with Crippen molar-refractivity contribution in [1.82, 2.24) is 0 Å². The van der Waals surface area contributed by atoms with Crippen LogP contribution >= 0.6 is 0 Å². The van der Waals surface area contributed by atoms with Crippen LogP contribution in [0, 0.1) is 0 Å². The Bertz CT molecular complexity index is 444. The van der Waals surface area contributed by atoms with E-state index in [1.54, 1.807) is 6.08 Å². The van der Waals surface area contributed by atoms with Gasteiger partial charge in [0.2, 0.25) is 8.32 Å². The third-order valence-electron chi connectivity index (χ3n) is 2.13. The van der Waals surface area contributed by atoms with Crippen LogP contribution in [0.15, 0.2) is 30.2 Å². The van der Waals surface area contributed by atoms with Crippen LogP contribution in [0.3, 0.4) is 0 Å². The highest BCUT2D eigenvalue weighted by Crippen LogP contribution is 2.29. The molecule has 0 N–H and O–H groups in total. The highest BCUT2D eigenvalue weighted by molar-refractivity contribution is 6.70. The number of benzene rings is 1. The zero-order chi connectivity index (χ0) is 14.7. The first-order valence-electron chi connectivity index (χ1n) is 5.74. The third-order valence-corrected chi connectivity index (χ3v) is 2.94. The average molecular weight is 290 g/mol. The van der Waals surface area contributed by atoms with Crippen LogP contribution in [0.2, 0.25) is 19.6 Å². The molecule has 6 heteroatoms. The normalized spacial score (nSPS) is 13.3. The van der Waals surface area contributed by atoms with E-state index in [1.165, 1.54) is 19.2 Å². The zero-order valence-corrected chi connectivity index (χ0v) is 12.3. The fraction of sp³-hybridized carbons (Fsp3) is 0.385. The Labute approximate surface area is 112 Å². The second kappa shape index (κ2) is 5.69. The molecule has 1 aromatic carbocycles. The Morgan fingerprint density at radius 3 is 2.00 bits per heavy atom. The van der Waals surface area contributed by atoms with E-state index in [4.69, 9.17) is 9.16 Å². The van der Waals surface area contributed by atoms with E-state index in [-0.39, 0.29) is 0 Å². The lowest BCUT2D eigenvalue weighted by atomic mass is 10.1. The van der Waals surface area contributed by atoms with Gasteiger partial charge in [-0.15, -0.1) is 0 Å². The summed E-state index contributed by atoms with van der Waals surface area (Å²) in [5, 5.41) is 0. The molecule has 0 atom stereocenters. The molecular formula is C13H17F3O2Si. The van der Waals surface area contributed by atoms with Crippen LogP contribution < -0.4 is 0 Å². The lowest BCUT2D eigenvalue weighted by Gasteiger charge is -2.20. The van der Waals surface area contributed by atoms with Gasteiger partial charge in [-0.25, -0.2) is 0 Å². The molecule has 0 saturated carbocycles. The molecule has 0 aromatic heterocycles. The zero-order valence-electron chi connectivity index (χ0n) is 11.3. The van der Waals surface area contributed by atoms with E-state index >= 15 is 0 Å². The lowest BCUT2D eigenvalue weighted by Crippen LogP contribution is -2.25. The van der Waals surface area contributed by atoms with Gasteiger partial charge in [0.1, 0.15) is 0 Å². The van der Waals surface area contributed by atoms with Gasteiger partial charge in [0, 0.05) is 6.08 Å². The average Bonchev–Trinajstić information content (AvgIpc) is 2.26. The molecule has 19 heavy (non-hydrogen) atoms. The molecule has 0 unspecified atom stereocenters. The van der Waals surface area contributed by atoms with Gasteiger partial charge in [-0.05, 0) is 37.3 Å². The van der Waals surface area contributed by atoms with Crippen molar-refractivity contribution in [2.24, 2.45) is 0 Å². The first kappa shape index (κ1) is 15.6. The SMILES string of the molecule is CO/C(=C\c1ccc(C(F)(F)F)cc1)O[Si](C)(C)C. The summed E-state index contributed by atoms with van der Waals surface area (Å²) >= 11 is 0. The van der Waals surface area contributed by atoms with Crippen LogP contribution in [-0.4, -0.2) is 15.4 Å². The van der Waals surface area contributed by atoms with Crippen LogP contribution in [0.4, 0.5) is 13.2 Å².